The Morgan fingerprint density at radius 1 is 1.44 bits per heavy atom. The van der Waals surface area contributed by atoms with Crippen LogP contribution >= 0.6 is 0 Å². The van der Waals surface area contributed by atoms with Crippen molar-refractivity contribution in [1.29, 1.82) is 0 Å². The minimum Gasteiger partial charge on any atom is -0.379 e. The van der Waals surface area contributed by atoms with E-state index in [4.69, 9.17) is 10.5 Å². The molecule has 3 atom stereocenters. The van der Waals surface area contributed by atoms with Crippen LogP contribution in [-0.2, 0) is 14.3 Å². The van der Waals surface area contributed by atoms with Crippen LogP contribution in [0.15, 0.2) is 0 Å². The molecular formula is C12H21N3O3. The van der Waals surface area contributed by atoms with Gasteiger partial charge in [-0.15, -0.1) is 0 Å². The molecule has 0 aliphatic carbocycles. The summed E-state index contributed by atoms with van der Waals surface area (Å²) in [5.41, 5.74) is 5.34. The fourth-order valence-electron chi connectivity index (χ4n) is 2.80. The minimum atomic E-state index is -0.430. The van der Waals surface area contributed by atoms with E-state index >= 15 is 0 Å². The molecule has 0 bridgehead atoms. The van der Waals surface area contributed by atoms with Gasteiger partial charge in [-0.3, -0.25) is 9.59 Å². The molecule has 2 saturated heterocycles. The topological polar surface area (TPSA) is 84.7 Å². The van der Waals surface area contributed by atoms with E-state index in [2.05, 4.69) is 5.32 Å². The Morgan fingerprint density at radius 2 is 2.22 bits per heavy atom. The van der Waals surface area contributed by atoms with Crippen LogP contribution in [0.25, 0.3) is 0 Å². The van der Waals surface area contributed by atoms with Gasteiger partial charge in [0.25, 0.3) is 0 Å². The lowest BCUT2D eigenvalue weighted by Crippen LogP contribution is -2.50. The first-order valence-corrected chi connectivity index (χ1v) is 6.56. The zero-order valence-corrected chi connectivity index (χ0v) is 10.7. The van der Waals surface area contributed by atoms with Gasteiger partial charge in [0.1, 0.15) is 6.04 Å². The van der Waals surface area contributed by atoms with Crippen molar-refractivity contribution in [3.63, 3.8) is 0 Å². The summed E-state index contributed by atoms with van der Waals surface area (Å²) in [6.45, 7) is 4.42. The molecule has 2 aliphatic rings. The van der Waals surface area contributed by atoms with E-state index in [9.17, 15) is 9.59 Å². The monoisotopic (exact) mass is 255 g/mol. The van der Waals surface area contributed by atoms with Gasteiger partial charge < -0.3 is 20.7 Å². The molecule has 0 saturated carbocycles. The van der Waals surface area contributed by atoms with E-state index < -0.39 is 11.9 Å². The van der Waals surface area contributed by atoms with Crippen LogP contribution in [0.3, 0.4) is 0 Å². The van der Waals surface area contributed by atoms with Crippen LogP contribution in [-0.4, -0.2) is 55.1 Å². The summed E-state index contributed by atoms with van der Waals surface area (Å²) in [6.07, 6.45) is 1.53. The van der Waals surface area contributed by atoms with Gasteiger partial charge in [0.05, 0.1) is 19.1 Å². The molecule has 2 heterocycles. The summed E-state index contributed by atoms with van der Waals surface area (Å²) in [7, 11) is 0. The van der Waals surface area contributed by atoms with Crippen molar-refractivity contribution in [3.8, 4) is 0 Å². The summed E-state index contributed by atoms with van der Waals surface area (Å²) in [6, 6.07) is -0.378. The van der Waals surface area contributed by atoms with Gasteiger partial charge in [-0.25, -0.2) is 0 Å². The Hall–Kier alpha value is -1.14. The van der Waals surface area contributed by atoms with E-state index in [1.54, 1.807) is 4.90 Å². The highest BCUT2D eigenvalue weighted by Crippen LogP contribution is 2.23. The SMILES string of the molecule is CCNC1COCC1C(=O)N1CCCC1C(N)=O. The molecule has 6 heteroatoms. The smallest absolute Gasteiger partial charge is 0.240 e. The average molecular weight is 255 g/mol. The Bertz CT molecular complexity index is 335. The lowest BCUT2D eigenvalue weighted by molar-refractivity contribution is -0.141. The number of nitrogens with one attached hydrogen (secondary N) is 1. The molecular weight excluding hydrogens is 234 g/mol. The number of hydrogen-bond acceptors (Lipinski definition) is 4. The van der Waals surface area contributed by atoms with Gasteiger partial charge in [-0.1, -0.05) is 6.92 Å². The summed E-state index contributed by atoms with van der Waals surface area (Å²) in [4.78, 5) is 25.4. The fraction of sp³-hybridized carbons (Fsp3) is 0.833. The molecule has 102 valence electrons. The van der Waals surface area contributed by atoms with Crippen LogP contribution in [0, 0.1) is 5.92 Å². The maximum Gasteiger partial charge on any atom is 0.240 e. The summed E-state index contributed by atoms with van der Waals surface area (Å²) < 4.78 is 5.37. The summed E-state index contributed by atoms with van der Waals surface area (Å²) in [5.74, 6) is -0.593. The van der Waals surface area contributed by atoms with Crippen LogP contribution in [0.5, 0.6) is 0 Å². The van der Waals surface area contributed by atoms with Crippen molar-refractivity contribution >= 4 is 11.8 Å². The van der Waals surface area contributed by atoms with Crippen molar-refractivity contribution in [1.82, 2.24) is 10.2 Å². The van der Waals surface area contributed by atoms with Crippen LogP contribution in [0.4, 0.5) is 0 Å². The maximum absolute atomic E-state index is 12.4. The molecule has 3 unspecified atom stereocenters. The number of hydrogen-bond donors (Lipinski definition) is 2. The molecule has 0 aromatic carbocycles. The number of nitrogens with zero attached hydrogens (tertiary/aromatic N) is 1. The fourth-order valence-corrected chi connectivity index (χ4v) is 2.80. The van der Waals surface area contributed by atoms with E-state index in [0.717, 1.165) is 13.0 Å². The zero-order valence-electron chi connectivity index (χ0n) is 10.7. The second-order valence-electron chi connectivity index (χ2n) is 4.90. The van der Waals surface area contributed by atoms with Gasteiger partial charge in [-0.05, 0) is 19.4 Å². The second kappa shape index (κ2) is 5.67. The predicted octanol–water partition coefficient (Wildman–Crippen LogP) is -0.913. The first kappa shape index (κ1) is 13.3. The molecule has 3 N–H and O–H groups in total. The van der Waals surface area contributed by atoms with E-state index in [-0.39, 0.29) is 17.9 Å². The van der Waals surface area contributed by atoms with Crippen LogP contribution in [0.2, 0.25) is 0 Å². The summed E-state index contributed by atoms with van der Waals surface area (Å²) in [5, 5.41) is 3.25. The molecule has 0 aromatic heterocycles. The number of ether oxygens (including phenoxy) is 1. The number of primary amides is 1. The van der Waals surface area contributed by atoms with Crippen molar-refractivity contribution in [3.05, 3.63) is 0 Å². The minimum absolute atomic E-state index is 0.000231. The molecule has 2 amide bonds. The first-order valence-electron chi connectivity index (χ1n) is 6.56. The lowest BCUT2D eigenvalue weighted by atomic mass is 10.0. The average Bonchev–Trinajstić information content (AvgIpc) is 2.96. The van der Waals surface area contributed by atoms with Crippen molar-refractivity contribution < 1.29 is 14.3 Å². The number of likely N-dealkylation sites (N-methyl/N-ethyl adjacent to an activating group) is 1. The second-order valence-corrected chi connectivity index (χ2v) is 4.90. The quantitative estimate of drug-likeness (QED) is 0.681. The lowest BCUT2D eigenvalue weighted by Gasteiger charge is -2.27. The van der Waals surface area contributed by atoms with Crippen molar-refractivity contribution in [2.24, 2.45) is 11.7 Å². The molecule has 6 nitrogen and oxygen atoms in total. The normalized spacial score (nSPS) is 31.8. The Kier molecular flexibility index (Phi) is 4.19. The number of rotatable bonds is 4. The predicted molar refractivity (Wildman–Crippen MR) is 65.7 cm³/mol. The molecule has 2 fully saturated rings. The third-order valence-corrected chi connectivity index (χ3v) is 3.73. The Morgan fingerprint density at radius 3 is 2.89 bits per heavy atom. The molecule has 0 spiro atoms. The molecule has 0 radical (unpaired) electrons. The highest BCUT2D eigenvalue weighted by molar-refractivity contribution is 5.88. The summed E-state index contributed by atoms with van der Waals surface area (Å²) >= 11 is 0. The highest BCUT2D eigenvalue weighted by Gasteiger charge is 2.41. The van der Waals surface area contributed by atoms with Gasteiger partial charge >= 0.3 is 0 Å². The van der Waals surface area contributed by atoms with Crippen LogP contribution in [0.1, 0.15) is 19.8 Å². The Labute approximate surface area is 107 Å². The van der Waals surface area contributed by atoms with Gasteiger partial charge in [0, 0.05) is 12.6 Å². The molecule has 2 aliphatic heterocycles. The van der Waals surface area contributed by atoms with E-state index in [0.29, 0.717) is 26.2 Å². The number of likely N-dealkylation sites (tertiary alicyclic amines) is 1. The van der Waals surface area contributed by atoms with Crippen molar-refractivity contribution in [2.45, 2.75) is 31.8 Å². The third-order valence-electron chi connectivity index (χ3n) is 3.73. The van der Waals surface area contributed by atoms with Gasteiger partial charge in [-0.2, -0.15) is 0 Å². The largest absolute Gasteiger partial charge is 0.379 e. The van der Waals surface area contributed by atoms with Crippen LogP contribution < -0.4 is 11.1 Å². The molecule has 18 heavy (non-hydrogen) atoms. The van der Waals surface area contributed by atoms with Crippen molar-refractivity contribution in [2.75, 3.05) is 26.3 Å². The number of nitrogens with two attached hydrogens (primary N) is 1. The Balaban J connectivity index is 2.03. The standard InChI is InChI=1S/C12H21N3O3/c1-2-14-9-7-18-6-8(9)12(17)15-5-3-4-10(15)11(13)16/h8-10,14H,2-7H2,1H3,(H2,13,16). The molecule has 2 rings (SSSR count). The number of carbonyl (C=O) groups is 2. The van der Waals surface area contributed by atoms with E-state index in [1.807, 2.05) is 6.92 Å². The van der Waals surface area contributed by atoms with E-state index in [1.165, 1.54) is 0 Å². The number of carbonyl (C=O) groups excluding carboxylic acids is 2. The zero-order chi connectivity index (χ0) is 13.1. The highest BCUT2D eigenvalue weighted by atomic mass is 16.5. The third kappa shape index (κ3) is 2.49. The first-order chi connectivity index (χ1) is 8.65. The van der Waals surface area contributed by atoms with Gasteiger partial charge in [0.15, 0.2) is 0 Å². The molecule has 0 aromatic rings. The maximum atomic E-state index is 12.4. The number of amides is 2. The van der Waals surface area contributed by atoms with Gasteiger partial charge in [0.2, 0.25) is 11.8 Å².